The van der Waals surface area contributed by atoms with Crippen molar-refractivity contribution in [2.45, 2.75) is 38.1 Å². The van der Waals surface area contributed by atoms with Gasteiger partial charge < -0.3 is 15.4 Å². The molecule has 1 fully saturated rings. The maximum absolute atomic E-state index is 6.01. The van der Waals surface area contributed by atoms with Crippen molar-refractivity contribution in [3.05, 3.63) is 0 Å². The quantitative estimate of drug-likeness (QED) is 0.697. The van der Waals surface area contributed by atoms with Crippen LogP contribution in [0.1, 0.15) is 32.1 Å². The molecule has 3 nitrogen and oxygen atoms in total. The van der Waals surface area contributed by atoms with E-state index in [4.69, 9.17) is 10.5 Å². The van der Waals surface area contributed by atoms with E-state index in [1.807, 2.05) is 0 Å². The lowest BCUT2D eigenvalue weighted by atomic mass is 10.1. The summed E-state index contributed by atoms with van der Waals surface area (Å²) in [7, 11) is 3.92. The van der Waals surface area contributed by atoms with E-state index in [0.717, 1.165) is 25.5 Å². The third-order valence-electron chi connectivity index (χ3n) is 3.28. The molecule has 1 aliphatic carbocycles. The highest BCUT2D eigenvalue weighted by molar-refractivity contribution is 4.73. The molecule has 0 spiro atoms. The lowest BCUT2D eigenvalue weighted by Crippen LogP contribution is -2.38. The highest BCUT2D eigenvalue weighted by Gasteiger charge is 2.17. The molecule has 0 amide bonds. The Kier molecular flexibility index (Phi) is 6.22. The molecule has 0 aromatic heterocycles. The van der Waals surface area contributed by atoms with Crippen molar-refractivity contribution in [2.75, 3.05) is 33.9 Å². The second kappa shape index (κ2) is 7.20. The maximum atomic E-state index is 6.01. The summed E-state index contributed by atoms with van der Waals surface area (Å²) in [5.41, 5.74) is 6.01. The minimum absolute atomic E-state index is 0.261. The first-order valence-corrected chi connectivity index (χ1v) is 6.15. The molecule has 1 unspecified atom stereocenters. The molecule has 1 saturated carbocycles. The van der Waals surface area contributed by atoms with Crippen LogP contribution in [0.5, 0.6) is 0 Å². The van der Waals surface area contributed by atoms with Crippen LogP contribution in [0.3, 0.4) is 0 Å². The van der Waals surface area contributed by atoms with Crippen LogP contribution in [-0.2, 0) is 4.74 Å². The number of hydrogen-bond acceptors (Lipinski definition) is 3. The molecule has 0 aromatic rings. The van der Waals surface area contributed by atoms with Gasteiger partial charge in [-0.1, -0.05) is 12.8 Å². The van der Waals surface area contributed by atoms with Crippen LogP contribution < -0.4 is 5.73 Å². The Balaban J connectivity index is 2.08. The van der Waals surface area contributed by atoms with E-state index in [1.165, 1.54) is 32.2 Å². The van der Waals surface area contributed by atoms with E-state index in [-0.39, 0.29) is 6.04 Å². The fourth-order valence-corrected chi connectivity index (χ4v) is 2.47. The fourth-order valence-electron chi connectivity index (χ4n) is 2.47. The average molecular weight is 214 g/mol. The number of ether oxygens (including phenoxy) is 1. The summed E-state index contributed by atoms with van der Waals surface area (Å²) in [6.45, 7) is 3.00. The molecule has 0 saturated heterocycles. The lowest BCUT2D eigenvalue weighted by molar-refractivity contribution is 0.176. The molecule has 0 radical (unpaired) electrons. The van der Waals surface area contributed by atoms with E-state index in [0.29, 0.717) is 0 Å². The number of methoxy groups -OCH3 is 1. The Hall–Kier alpha value is -0.120. The van der Waals surface area contributed by atoms with E-state index in [9.17, 15) is 0 Å². The second-order valence-corrected chi connectivity index (χ2v) is 4.91. The maximum Gasteiger partial charge on any atom is 0.0477 e. The van der Waals surface area contributed by atoms with Crippen LogP contribution in [0.2, 0.25) is 0 Å². The van der Waals surface area contributed by atoms with Crippen LogP contribution >= 0.6 is 0 Å². The third kappa shape index (κ3) is 5.50. The zero-order chi connectivity index (χ0) is 11.1. The molecule has 90 valence electrons. The summed E-state index contributed by atoms with van der Waals surface area (Å²) < 4.78 is 5.03. The van der Waals surface area contributed by atoms with Gasteiger partial charge in [-0.2, -0.15) is 0 Å². The standard InChI is InChI=1S/C12H26N2O/c1-14(9-11-5-3-4-6-11)10-12(13)7-8-15-2/h11-12H,3-10,13H2,1-2H3. The van der Waals surface area contributed by atoms with Gasteiger partial charge in [0.2, 0.25) is 0 Å². The number of nitrogens with zero attached hydrogens (tertiary/aromatic N) is 1. The van der Waals surface area contributed by atoms with Gasteiger partial charge in [-0.05, 0) is 32.2 Å². The number of nitrogens with two attached hydrogens (primary N) is 1. The van der Waals surface area contributed by atoms with Crippen LogP contribution in [-0.4, -0.2) is 44.8 Å². The van der Waals surface area contributed by atoms with Crippen molar-refractivity contribution in [1.82, 2.24) is 4.90 Å². The van der Waals surface area contributed by atoms with Crippen molar-refractivity contribution < 1.29 is 4.74 Å². The SMILES string of the molecule is COCCC(N)CN(C)CC1CCCC1. The molecule has 15 heavy (non-hydrogen) atoms. The first-order chi connectivity index (χ1) is 7.22. The minimum atomic E-state index is 0.261. The monoisotopic (exact) mass is 214 g/mol. The Morgan fingerprint density at radius 2 is 2.07 bits per heavy atom. The summed E-state index contributed by atoms with van der Waals surface area (Å²) in [5.74, 6) is 0.921. The van der Waals surface area contributed by atoms with Gasteiger partial charge in [-0.25, -0.2) is 0 Å². The summed E-state index contributed by atoms with van der Waals surface area (Å²) in [6, 6.07) is 0.261. The van der Waals surface area contributed by atoms with Crippen molar-refractivity contribution >= 4 is 0 Å². The normalized spacial score (nSPS) is 20.0. The molecule has 1 rings (SSSR count). The highest BCUT2D eigenvalue weighted by Crippen LogP contribution is 2.25. The summed E-state index contributed by atoms with van der Waals surface area (Å²) in [6.07, 6.45) is 6.64. The first-order valence-electron chi connectivity index (χ1n) is 6.15. The number of likely N-dealkylation sites (N-methyl/N-ethyl adjacent to an activating group) is 1. The van der Waals surface area contributed by atoms with E-state index >= 15 is 0 Å². The highest BCUT2D eigenvalue weighted by atomic mass is 16.5. The minimum Gasteiger partial charge on any atom is -0.385 e. The van der Waals surface area contributed by atoms with E-state index in [2.05, 4.69) is 11.9 Å². The van der Waals surface area contributed by atoms with Gasteiger partial charge >= 0.3 is 0 Å². The number of rotatable bonds is 7. The van der Waals surface area contributed by atoms with Crippen molar-refractivity contribution in [1.29, 1.82) is 0 Å². The average Bonchev–Trinajstić information content (AvgIpc) is 2.67. The zero-order valence-corrected chi connectivity index (χ0v) is 10.2. The molecule has 0 aromatic carbocycles. The third-order valence-corrected chi connectivity index (χ3v) is 3.28. The molecule has 3 heteroatoms. The molecular formula is C12H26N2O. The predicted molar refractivity (Wildman–Crippen MR) is 63.9 cm³/mol. The second-order valence-electron chi connectivity index (χ2n) is 4.91. The molecular weight excluding hydrogens is 188 g/mol. The van der Waals surface area contributed by atoms with Gasteiger partial charge in [0, 0.05) is 32.8 Å². The summed E-state index contributed by atoms with van der Waals surface area (Å²) in [4.78, 5) is 2.39. The largest absolute Gasteiger partial charge is 0.385 e. The van der Waals surface area contributed by atoms with Gasteiger partial charge in [0.1, 0.15) is 0 Å². The summed E-state index contributed by atoms with van der Waals surface area (Å²) >= 11 is 0. The van der Waals surface area contributed by atoms with Crippen LogP contribution in [0.25, 0.3) is 0 Å². The Bertz CT molecular complexity index is 158. The topological polar surface area (TPSA) is 38.5 Å². The van der Waals surface area contributed by atoms with Crippen molar-refractivity contribution in [2.24, 2.45) is 11.7 Å². The predicted octanol–water partition coefficient (Wildman–Crippen LogP) is 1.47. The summed E-state index contributed by atoms with van der Waals surface area (Å²) in [5, 5.41) is 0. The van der Waals surface area contributed by atoms with E-state index < -0.39 is 0 Å². The smallest absolute Gasteiger partial charge is 0.0477 e. The molecule has 0 aliphatic heterocycles. The zero-order valence-electron chi connectivity index (χ0n) is 10.2. The molecule has 0 bridgehead atoms. The molecule has 2 N–H and O–H groups in total. The molecule has 0 heterocycles. The van der Waals surface area contributed by atoms with Crippen LogP contribution in [0.4, 0.5) is 0 Å². The van der Waals surface area contributed by atoms with Crippen molar-refractivity contribution in [3.8, 4) is 0 Å². The van der Waals surface area contributed by atoms with Gasteiger partial charge in [0.25, 0.3) is 0 Å². The van der Waals surface area contributed by atoms with Gasteiger partial charge in [0.15, 0.2) is 0 Å². The van der Waals surface area contributed by atoms with E-state index in [1.54, 1.807) is 7.11 Å². The Morgan fingerprint density at radius 3 is 2.67 bits per heavy atom. The lowest BCUT2D eigenvalue weighted by Gasteiger charge is -2.23. The number of hydrogen-bond donors (Lipinski definition) is 1. The van der Waals surface area contributed by atoms with Crippen LogP contribution in [0, 0.1) is 5.92 Å². The molecule has 1 atom stereocenters. The Morgan fingerprint density at radius 1 is 1.40 bits per heavy atom. The fraction of sp³-hybridized carbons (Fsp3) is 1.00. The molecule has 1 aliphatic rings. The van der Waals surface area contributed by atoms with Gasteiger partial charge in [-0.3, -0.25) is 0 Å². The van der Waals surface area contributed by atoms with Gasteiger partial charge in [0.05, 0.1) is 0 Å². The Labute approximate surface area is 94.0 Å². The van der Waals surface area contributed by atoms with Crippen LogP contribution in [0.15, 0.2) is 0 Å². The first kappa shape index (κ1) is 12.9. The van der Waals surface area contributed by atoms with Gasteiger partial charge in [-0.15, -0.1) is 0 Å². The van der Waals surface area contributed by atoms with Crippen molar-refractivity contribution in [3.63, 3.8) is 0 Å².